The maximum atomic E-state index is 6.65. The van der Waals surface area contributed by atoms with Crippen LogP contribution in [0, 0.1) is 5.92 Å². The van der Waals surface area contributed by atoms with E-state index in [1.807, 2.05) is 13.0 Å². The molecule has 4 heteroatoms. The van der Waals surface area contributed by atoms with E-state index in [1.54, 1.807) is 0 Å². The third kappa shape index (κ3) is 3.45. The molecule has 3 atom stereocenters. The summed E-state index contributed by atoms with van der Waals surface area (Å²) in [6.07, 6.45) is 2.34. The van der Waals surface area contributed by atoms with Crippen molar-refractivity contribution in [3.63, 3.8) is 0 Å². The van der Waals surface area contributed by atoms with Gasteiger partial charge in [0.1, 0.15) is 5.75 Å². The van der Waals surface area contributed by atoms with Gasteiger partial charge in [0.15, 0.2) is 0 Å². The average molecular weight is 348 g/mol. The molecule has 1 aliphatic rings. The van der Waals surface area contributed by atoms with Crippen molar-refractivity contribution in [3.05, 3.63) is 28.2 Å². The Kier molecular flexibility index (Phi) is 5.55. The largest absolute Gasteiger partial charge is 0.493 e. The van der Waals surface area contributed by atoms with Gasteiger partial charge < -0.3 is 9.47 Å². The standard InChI is InChI=1S/C15H20BrClO2/c1-3-13-11(7-8-19-13)15(17)10-5-6-14(18-4-2)12(16)9-10/h5-6,9,11,13,15H,3-4,7-8H2,1-2H3. The molecule has 0 amide bonds. The summed E-state index contributed by atoms with van der Waals surface area (Å²) in [5.74, 6) is 1.27. The summed E-state index contributed by atoms with van der Waals surface area (Å²) in [5.41, 5.74) is 1.13. The van der Waals surface area contributed by atoms with Crippen LogP contribution < -0.4 is 4.74 Å². The number of rotatable bonds is 5. The second-order valence-corrected chi connectivity index (χ2v) is 6.12. The van der Waals surface area contributed by atoms with Gasteiger partial charge in [-0.3, -0.25) is 0 Å². The molecule has 19 heavy (non-hydrogen) atoms. The highest BCUT2D eigenvalue weighted by Crippen LogP contribution is 2.41. The molecule has 3 unspecified atom stereocenters. The fraction of sp³-hybridized carbons (Fsp3) is 0.600. The van der Waals surface area contributed by atoms with Gasteiger partial charge in [-0.25, -0.2) is 0 Å². The molecule has 1 saturated heterocycles. The lowest BCUT2D eigenvalue weighted by Gasteiger charge is -2.23. The quantitative estimate of drug-likeness (QED) is 0.702. The molecule has 0 aromatic heterocycles. The lowest BCUT2D eigenvalue weighted by atomic mass is 9.91. The second-order valence-electron chi connectivity index (χ2n) is 4.79. The van der Waals surface area contributed by atoms with Gasteiger partial charge in [-0.1, -0.05) is 13.0 Å². The van der Waals surface area contributed by atoms with Gasteiger partial charge in [0, 0.05) is 12.5 Å². The summed E-state index contributed by atoms with van der Waals surface area (Å²) >= 11 is 10.2. The van der Waals surface area contributed by atoms with Gasteiger partial charge in [0.25, 0.3) is 0 Å². The lowest BCUT2D eigenvalue weighted by molar-refractivity contribution is 0.0864. The summed E-state index contributed by atoms with van der Waals surface area (Å²) < 4.78 is 12.2. The Labute approximate surface area is 128 Å². The van der Waals surface area contributed by atoms with Gasteiger partial charge in [-0.05, 0) is 53.4 Å². The topological polar surface area (TPSA) is 18.5 Å². The molecule has 0 bridgehead atoms. The Morgan fingerprint density at radius 3 is 2.89 bits per heavy atom. The van der Waals surface area contributed by atoms with E-state index in [2.05, 4.69) is 35.0 Å². The van der Waals surface area contributed by atoms with Gasteiger partial charge >= 0.3 is 0 Å². The zero-order valence-corrected chi connectivity index (χ0v) is 13.7. The third-order valence-corrected chi connectivity index (χ3v) is 4.81. The highest BCUT2D eigenvalue weighted by atomic mass is 79.9. The van der Waals surface area contributed by atoms with E-state index < -0.39 is 0 Å². The number of hydrogen-bond acceptors (Lipinski definition) is 2. The summed E-state index contributed by atoms with van der Waals surface area (Å²) in [6.45, 7) is 5.62. The monoisotopic (exact) mass is 346 g/mol. The average Bonchev–Trinajstić information content (AvgIpc) is 2.88. The first-order valence-electron chi connectivity index (χ1n) is 6.85. The molecule has 106 valence electrons. The minimum absolute atomic E-state index is 0.000531. The minimum Gasteiger partial charge on any atom is -0.493 e. The van der Waals surface area contributed by atoms with Crippen molar-refractivity contribution in [2.24, 2.45) is 5.92 Å². The summed E-state index contributed by atoms with van der Waals surface area (Å²) in [4.78, 5) is 0. The Bertz CT molecular complexity index is 425. The minimum atomic E-state index is -0.000531. The Balaban J connectivity index is 2.15. The van der Waals surface area contributed by atoms with Gasteiger partial charge in [0.05, 0.1) is 22.6 Å². The first-order chi connectivity index (χ1) is 9.17. The first kappa shape index (κ1) is 15.1. The molecule has 2 nitrogen and oxygen atoms in total. The first-order valence-corrected chi connectivity index (χ1v) is 8.08. The van der Waals surface area contributed by atoms with Gasteiger partial charge in [0.2, 0.25) is 0 Å². The van der Waals surface area contributed by atoms with Crippen LogP contribution >= 0.6 is 27.5 Å². The molecule has 1 fully saturated rings. The molecule has 1 aromatic rings. The molecule has 0 radical (unpaired) electrons. The van der Waals surface area contributed by atoms with Crippen molar-refractivity contribution in [1.82, 2.24) is 0 Å². The smallest absolute Gasteiger partial charge is 0.133 e. The molecule has 0 spiro atoms. The number of benzene rings is 1. The van der Waals surface area contributed by atoms with Crippen molar-refractivity contribution < 1.29 is 9.47 Å². The van der Waals surface area contributed by atoms with Crippen molar-refractivity contribution in [2.45, 2.75) is 38.2 Å². The summed E-state index contributed by atoms with van der Waals surface area (Å²) in [5, 5.41) is -0.000531. The van der Waals surface area contributed by atoms with E-state index >= 15 is 0 Å². The van der Waals surface area contributed by atoms with E-state index in [4.69, 9.17) is 21.1 Å². The Morgan fingerprint density at radius 2 is 2.26 bits per heavy atom. The maximum absolute atomic E-state index is 6.65. The summed E-state index contributed by atoms with van der Waals surface area (Å²) in [6, 6.07) is 6.10. The highest BCUT2D eigenvalue weighted by molar-refractivity contribution is 9.10. The van der Waals surface area contributed by atoms with E-state index in [0.29, 0.717) is 12.5 Å². The normalized spacial score (nSPS) is 24.4. The molecule has 2 rings (SSSR count). The van der Waals surface area contributed by atoms with Crippen LogP contribution in [0.15, 0.2) is 22.7 Å². The molecule has 1 aromatic carbocycles. The van der Waals surface area contributed by atoms with Crippen LogP contribution in [0.3, 0.4) is 0 Å². The third-order valence-electron chi connectivity index (χ3n) is 3.61. The number of halogens is 2. The fourth-order valence-corrected chi connectivity index (χ4v) is 3.56. The number of alkyl halides is 1. The van der Waals surface area contributed by atoms with Crippen molar-refractivity contribution in [2.75, 3.05) is 13.2 Å². The molecule has 0 saturated carbocycles. The van der Waals surface area contributed by atoms with Crippen LogP contribution in [-0.2, 0) is 4.74 Å². The molecule has 1 aliphatic heterocycles. The zero-order chi connectivity index (χ0) is 13.8. The SMILES string of the molecule is CCOc1ccc(C(Cl)C2CCOC2CC)cc1Br. The van der Waals surface area contributed by atoms with Crippen LogP contribution in [-0.4, -0.2) is 19.3 Å². The van der Waals surface area contributed by atoms with E-state index in [-0.39, 0.29) is 11.5 Å². The molecule has 0 aliphatic carbocycles. The van der Waals surface area contributed by atoms with Crippen molar-refractivity contribution >= 4 is 27.5 Å². The van der Waals surface area contributed by atoms with Crippen LogP contribution in [0.2, 0.25) is 0 Å². The van der Waals surface area contributed by atoms with Gasteiger partial charge in [-0.2, -0.15) is 0 Å². The molecule has 1 heterocycles. The second kappa shape index (κ2) is 6.96. The lowest BCUT2D eigenvalue weighted by Crippen LogP contribution is -2.19. The van der Waals surface area contributed by atoms with E-state index in [0.717, 1.165) is 35.2 Å². The number of hydrogen-bond donors (Lipinski definition) is 0. The van der Waals surface area contributed by atoms with Crippen LogP contribution in [0.25, 0.3) is 0 Å². The zero-order valence-electron chi connectivity index (χ0n) is 11.4. The number of ether oxygens (including phenoxy) is 2. The van der Waals surface area contributed by atoms with E-state index in [9.17, 15) is 0 Å². The predicted molar refractivity (Wildman–Crippen MR) is 82.0 cm³/mol. The molecular weight excluding hydrogens is 328 g/mol. The van der Waals surface area contributed by atoms with Gasteiger partial charge in [-0.15, -0.1) is 11.6 Å². The van der Waals surface area contributed by atoms with Crippen LogP contribution in [0.4, 0.5) is 0 Å². The van der Waals surface area contributed by atoms with Crippen LogP contribution in [0.1, 0.15) is 37.6 Å². The fourth-order valence-electron chi connectivity index (χ4n) is 2.63. The van der Waals surface area contributed by atoms with E-state index in [1.165, 1.54) is 0 Å². The predicted octanol–water partition coefficient (Wildman–Crippen LogP) is 4.94. The molecular formula is C15H20BrClO2. The maximum Gasteiger partial charge on any atom is 0.133 e. The van der Waals surface area contributed by atoms with Crippen LogP contribution in [0.5, 0.6) is 5.75 Å². The van der Waals surface area contributed by atoms with Crippen molar-refractivity contribution in [3.8, 4) is 5.75 Å². The Hall–Kier alpha value is -0.250. The van der Waals surface area contributed by atoms with Crippen molar-refractivity contribution in [1.29, 1.82) is 0 Å². The summed E-state index contributed by atoms with van der Waals surface area (Å²) in [7, 11) is 0. The Morgan fingerprint density at radius 1 is 1.47 bits per heavy atom. The molecule has 0 N–H and O–H groups in total. The highest BCUT2D eigenvalue weighted by Gasteiger charge is 2.33.